The van der Waals surface area contributed by atoms with Crippen molar-refractivity contribution in [1.29, 1.82) is 0 Å². The highest BCUT2D eigenvalue weighted by Gasteiger charge is 2.07. The first-order valence-electron chi connectivity index (χ1n) is 6.30. The Hall–Kier alpha value is -1.88. The molecule has 0 aliphatic carbocycles. The van der Waals surface area contributed by atoms with Crippen LogP contribution in [0.5, 0.6) is 0 Å². The lowest BCUT2D eigenvalue weighted by molar-refractivity contribution is 0.561. The minimum Gasteiger partial charge on any atom is -0.441 e. The van der Waals surface area contributed by atoms with Gasteiger partial charge in [0.15, 0.2) is 11.5 Å². The van der Waals surface area contributed by atoms with Crippen LogP contribution < -0.4 is 4.90 Å². The van der Waals surface area contributed by atoms with Crippen molar-refractivity contribution in [2.75, 3.05) is 11.9 Å². The summed E-state index contributed by atoms with van der Waals surface area (Å²) in [6, 6.07) is 10.1. The quantitative estimate of drug-likeness (QED) is 0.729. The third kappa shape index (κ3) is 2.67. The Labute approximate surface area is 125 Å². The van der Waals surface area contributed by atoms with Crippen LogP contribution in [-0.2, 0) is 6.54 Å². The zero-order valence-electron chi connectivity index (χ0n) is 11.3. The van der Waals surface area contributed by atoms with Gasteiger partial charge in [-0.05, 0) is 45.8 Å². The molecule has 1 aromatic carbocycles. The molecule has 102 valence electrons. The van der Waals surface area contributed by atoms with E-state index in [2.05, 4.69) is 42.9 Å². The van der Waals surface area contributed by atoms with Crippen molar-refractivity contribution in [2.45, 2.75) is 13.5 Å². The molecule has 0 unspecified atom stereocenters. The fourth-order valence-electron chi connectivity index (χ4n) is 2.14. The second kappa shape index (κ2) is 5.25. The number of nitrogens with zero attached hydrogens (tertiary/aromatic N) is 3. The molecule has 5 heteroatoms. The van der Waals surface area contributed by atoms with Crippen LogP contribution in [0, 0.1) is 6.92 Å². The zero-order chi connectivity index (χ0) is 14.1. The second-order valence-corrected chi connectivity index (χ2v) is 5.64. The van der Waals surface area contributed by atoms with E-state index in [9.17, 15) is 0 Å². The van der Waals surface area contributed by atoms with Gasteiger partial charge in [-0.15, -0.1) is 0 Å². The molecule has 0 amide bonds. The molecule has 0 saturated heterocycles. The number of hydrogen-bond acceptors (Lipinski definition) is 4. The predicted octanol–water partition coefficient (Wildman–Crippen LogP) is 3.93. The van der Waals surface area contributed by atoms with Gasteiger partial charge in [-0.25, -0.2) is 9.97 Å². The van der Waals surface area contributed by atoms with E-state index in [0.29, 0.717) is 5.89 Å². The fraction of sp³-hybridized carbons (Fsp3) is 0.200. The van der Waals surface area contributed by atoms with E-state index in [0.717, 1.165) is 27.9 Å². The molecule has 0 fully saturated rings. The largest absolute Gasteiger partial charge is 0.441 e. The maximum atomic E-state index is 5.48. The van der Waals surface area contributed by atoms with Gasteiger partial charge in [0.05, 0.1) is 0 Å². The molecule has 0 bridgehead atoms. The van der Waals surface area contributed by atoms with Gasteiger partial charge in [0.2, 0.25) is 0 Å². The van der Waals surface area contributed by atoms with Gasteiger partial charge in [-0.2, -0.15) is 0 Å². The first-order valence-corrected chi connectivity index (χ1v) is 7.10. The standard InChI is InChI=1S/C15H14BrN3O/c1-10-18-13-7-11(3-5-14(13)20-10)9-19(2)15-6-4-12(16)8-17-15/h3-8H,9H2,1-2H3. The molecule has 3 rings (SSSR count). The summed E-state index contributed by atoms with van der Waals surface area (Å²) in [7, 11) is 2.02. The van der Waals surface area contributed by atoms with Gasteiger partial charge in [0.25, 0.3) is 0 Å². The highest BCUT2D eigenvalue weighted by Crippen LogP contribution is 2.20. The van der Waals surface area contributed by atoms with E-state index >= 15 is 0 Å². The summed E-state index contributed by atoms with van der Waals surface area (Å²) in [5, 5.41) is 0. The fourth-order valence-corrected chi connectivity index (χ4v) is 2.37. The molecule has 3 aromatic rings. The van der Waals surface area contributed by atoms with Gasteiger partial charge < -0.3 is 9.32 Å². The number of oxazole rings is 1. The summed E-state index contributed by atoms with van der Waals surface area (Å²) in [5.74, 6) is 1.63. The van der Waals surface area contributed by atoms with Crippen molar-refractivity contribution >= 4 is 32.8 Å². The minimum atomic E-state index is 0.695. The van der Waals surface area contributed by atoms with Gasteiger partial charge in [0, 0.05) is 31.2 Å². The lowest BCUT2D eigenvalue weighted by Crippen LogP contribution is -2.17. The number of pyridine rings is 1. The molecule has 0 radical (unpaired) electrons. The Balaban J connectivity index is 1.82. The van der Waals surface area contributed by atoms with E-state index in [4.69, 9.17) is 4.42 Å². The number of halogens is 1. The maximum Gasteiger partial charge on any atom is 0.192 e. The van der Waals surface area contributed by atoms with E-state index in [1.807, 2.05) is 32.2 Å². The number of rotatable bonds is 3. The SMILES string of the molecule is Cc1nc2cc(CN(C)c3ccc(Br)cn3)ccc2o1. The number of anilines is 1. The molecular weight excluding hydrogens is 318 g/mol. The van der Waals surface area contributed by atoms with Gasteiger partial charge in [-0.1, -0.05) is 6.07 Å². The van der Waals surface area contributed by atoms with Crippen LogP contribution >= 0.6 is 15.9 Å². The van der Waals surface area contributed by atoms with Crippen LogP contribution in [-0.4, -0.2) is 17.0 Å². The first kappa shape index (κ1) is 13.1. The Kier molecular flexibility index (Phi) is 3.44. The van der Waals surface area contributed by atoms with Gasteiger partial charge in [0.1, 0.15) is 11.3 Å². The average molecular weight is 332 g/mol. The molecule has 2 heterocycles. The molecule has 20 heavy (non-hydrogen) atoms. The summed E-state index contributed by atoms with van der Waals surface area (Å²) < 4.78 is 6.46. The van der Waals surface area contributed by atoms with Crippen molar-refractivity contribution in [3.63, 3.8) is 0 Å². The summed E-state index contributed by atoms with van der Waals surface area (Å²) in [6.07, 6.45) is 1.80. The highest BCUT2D eigenvalue weighted by atomic mass is 79.9. The lowest BCUT2D eigenvalue weighted by Gasteiger charge is -2.18. The molecule has 4 nitrogen and oxygen atoms in total. The van der Waals surface area contributed by atoms with E-state index in [1.165, 1.54) is 5.56 Å². The molecular formula is C15H14BrN3O. The van der Waals surface area contributed by atoms with Crippen LogP contribution in [0.1, 0.15) is 11.5 Å². The average Bonchev–Trinajstić information content (AvgIpc) is 2.78. The Morgan fingerprint density at radius 2 is 2.10 bits per heavy atom. The van der Waals surface area contributed by atoms with Crippen molar-refractivity contribution in [2.24, 2.45) is 0 Å². The molecule has 0 saturated carbocycles. The predicted molar refractivity (Wildman–Crippen MR) is 82.8 cm³/mol. The smallest absolute Gasteiger partial charge is 0.192 e. The summed E-state index contributed by atoms with van der Waals surface area (Å²) >= 11 is 3.39. The number of fused-ring (bicyclic) bond motifs is 1. The third-order valence-corrected chi connectivity index (χ3v) is 3.55. The number of aryl methyl sites for hydroxylation is 1. The maximum absolute atomic E-state index is 5.48. The molecule has 0 atom stereocenters. The van der Waals surface area contributed by atoms with Gasteiger partial charge in [-0.3, -0.25) is 0 Å². The summed E-state index contributed by atoms with van der Waals surface area (Å²) in [5.41, 5.74) is 2.91. The van der Waals surface area contributed by atoms with E-state index < -0.39 is 0 Å². The monoisotopic (exact) mass is 331 g/mol. The number of hydrogen-bond donors (Lipinski definition) is 0. The second-order valence-electron chi connectivity index (χ2n) is 4.73. The number of aromatic nitrogens is 2. The van der Waals surface area contributed by atoms with Crippen LogP contribution in [0.3, 0.4) is 0 Å². The topological polar surface area (TPSA) is 42.2 Å². The van der Waals surface area contributed by atoms with Crippen LogP contribution in [0.4, 0.5) is 5.82 Å². The van der Waals surface area contributed by atoms with E-state index in [-0.39, 0.29) is 0 Å². The van der Waals surface area contributed by atoms with Crippen LogP contribution in [0.25, 0.3) is 11.1 Å². The number of benzene rings is 1. The first-order chi connectivity index (χ1) is 9.61. The Bertz CT molecular complexity index is 736. The normalized spacial score (nSPS) is 10.9. The van der Waals surface area contributed by atoms with E-state index in [1.54, 1.807) is 6.20 Å². The van der Waals surface area contributed by atoms with Crippen LogP contribution in [0.2, 0.25) is 0 Å². The highest BCUT2D eigenvalue weighted by molar-refractivity contribution is 9.10. The van der Waals surface area contributed by atoms with Crippen molar-refractivity contribution < 1.29 is 4.42 Å². The minimum absolute atomic E-state index is 0.695. The Morgan fingerprint density at radius 1 is 1.25 bits per heavy atom. The molecule has 0 aliphatic rings. The lowest BCUT2D eigenvalue weighted by atomic mass is 10.2. The van der Waals surface area contributed by atoms with Crippen LogP contribution in [0.15, 0.2) is 45.4 Å². The third-order valence-electron chi connectivity index (χ3n) is 3.08. The van der Waals surface area contributed by atoms with Crippen molar-refractivity contribution in [1.82, 2.24) is 9.97 Å². The molecule has 0 spiro atoms. The molecule has 0 aliphatic heterocycles. The summed E-state index contributed by atoms with van der Waals surface area (Å²) in [6.45, 7) is 2.63. The summed E-state index contributed by atoms with van der Waals surface area (Å²) in [4.78, 5) is 10.8. The molecule has 2 aromatic heterocycles. The zero-order valence-corrected chi connectivity index (χ0v) is 12.9. The van der Waals surface area contributed by atoms with Crippen molar-refractivity contribution in [3.8, 4) is 0 Å². The van der Waals surface area contributed by atoms with Gasteiger partial charge >= 0.3 is 0 Å². The Morgan fingerprint density at radius 3 is 2.85 bits per heavy atom. The van der Waals surface area contributed by atoms with Crippen molar-refractivity contribution in [3.05, 3.63) is 52.5 Å². The molecule has 0 N–H and O–H groups in total.